The molecule has 39 heavy (non-hydrogen) atoms. The number of aryl methyl sites for hydroxylation is 1. The molecule has 2 aromatic rings. The Hall–Kier alpha value is -3.92. The van der Waals surface area contributed by atoms with Crippen LogP contribution in [0.25, 0.3) is 0 Å². The third-order valence-corrected chi connectivity index (χ3v) is 6.16. The van der Waals surface area contributed by atoms with Gasteiger partial charge in [-0.15, -0.1) is 0 Å². The fraction of sp³-hybridized carbons (Fsp3) is 0.448. The van der Waals surface area contributed by atoms with Gasteiger partial charge in [0.05, 0.1) is 25.8 Å². The molecule has 2 aromatic carbocycles. The monoisotopic (exact) mass is 541 g/mol. The maximum atomic E-state index is 12.7. The summed E-state index contributed by atoms with van der Waals surface area (Å²) in [4.78, 5) is 48.8. The Kier molecular flexibility index (Phi) is 14.1. The normalized spacial score (nSPS) is 11.3. The minimum absolute atomic E-state index is 0.191. The van der Waals surface area contributed by atoms with Gasteiger partial charge in [-0.2, -0.15) is 0 Å². The van der Waals surface area contributed by atoms with Gasteiger partial charge in [0.1, 0.15) is 5.75 Å². The predicted octanol–water partition coefficient (Wildman–Crippen LogP) is 2.96. The topological polar surface area (TPSA) is 143 Å². The molecule has 10 heteroatoms. The molecular formula is C29H39N3O7. The molecule has 0 bridgehead atoms. The number of rotatable bonds is 17. The van der Waals surface area contributed by atoms with Crippen LogP contribution in [0.1, 0.15) is 60.5 Å². The molecule has 212 valence electrons. The summed E-state index contributed by atoms with van der Waals surface area (Å²) in [6.07, 6.45) is 3.81. The zero-order chi connectivity index (χ0) is 28.5. The number of unbranched alkanes of at least 4 members (excludes halogenated alkanes) is 1. The Balaban J connectivity index is 1.77. The van der Waals surface area contributed by atoms with E-state index < -0.39 is 17.7 Å². The lowest BCUT2D eigenvalue weighted by atomic mass is 9.95. The molecule has 0 radical (unpaired) electrons. The van der Waals surface area contributed by atoms with E-state index >= 15 is 0 Å². The van der Waals surface area contributed by atoms with Crippen molar-refractivity contribution < 1.29 is 33.9 Å². The molecule has 0 fully saturated rings. The van der Waals surface area contributed by atoms with E-state index in [2.05, 4.69) is 10.6 Å². The molecule has 1 atom stereocenters. The average molecular weight is 542 g/mol. The fourth-order valence-corrected chi connectivity index (χ4v) is 3.91. The van der Waals surface area contributed by atoms with Gasteiger partial charge in [-0.25, -0.2) is 10.3 Å². The summed E-state index contributed by atoms with van der Waals surface area (Å²) in [6.45, 7) is 2.49. The minimum Gasteiger partial charge on any atom is -0.497 e. The number of carbonyl (C=O) groups excluding carboxylic acids is 4. The Morgan fingerprint density at radius 3 is 2.38 bits per heavy atom. The smallest absolute Gasteiger partial charge is 0.338 e. The number of methoxy groups -OCH3 is 1. The zero-order valence-electron chi connectivity index (χ0n) is 22.7. The van der Waals surface area contributed by atoms with Crippen molar-refractivity contribution in [2.75, 3.05) is 26.8 Å². The number of hydrogen-bond acceptors (Lipinski definition) is 7. The highest BCUT2D eigenvalue weighted by atomic mass is 16.5. The van der Waals surface area contributed by atoms with Gasteiger partial charge in [-0.1, -0.05) is 37.6 Å². The third-order valence-electron chi connectivity index (χ3n) is 6.16. The van der Waals surface area contributed by atoms with Crippen LogP contribution in [-0.4, -0.2) is 55.7 Å². The molecule has 2 rings (SSSR count). The number of esters is 1. The van der Waals surface area contributed by atoms with E-state index in [-0.39, 0.29) is 24.8 Å². The number of hydroxylamine groups is 1. The van der Waals surface area contributed by atoms with Crippen molar-refractivity contribution in [1.29, 1.82) is 0 Å². The summed E-state index contributed by atoms with van der Waals surface area (Å²) in [7, 11) is 1.60. The van der Waals surface area contributed by atoms with Crippen LogP contribution in [0.2, 0.25) is 0 Å². The predicted molar refractivity (Wildman–Crippen MR) is 145 cm³/mol. The van der Waals surface area contributed by atoms with E-state index in [4.69, 9.17) is 14.7 Å². The van der Waals surface area contributed by atoms with Gasteiger partial charge >= 0.3 is 5.97 Å². The average Bonchev–Trinajstić information content (AvgIpc) is 2.95. The zero-order valence-corrected chi connectivity index (χ0v) is 22.7. The lowest BCUT2D eigenvalue weighted by molar-refractivity contribution is -0.135. The van der Waals surface area contributed by atoms with Crippen LogP contribution in [0.15, 0.2) is 48.5 Å². The highest BCUT2D eigenvalue weighted by Gasteiger charge is 2.22. The van der Waals surface area contributed by atoms with Crippen molar-refractivity contribution in [3.05, 3.63) is 65.2 Å². The van der Waals surface area contributed by atoms with Crippen LogP contribution in [0, 0.1) is 5.92 Å². The first-order chi connectivity index (χ1) is 18.9. The first-order valence-corrected chi connectivity index (χ1v) is 13.2. The van der Waals surface area contributed by atoms with Gasteiger partial charge in [0, 0.05) is 18.9 Å². The molecule has 0 unspecified atom stereocenters. The fourth-order valence-electron chi connectivity index (χ4n) is 3.91. The molecule has 10 nitrogen and oxygen atoms in total. The molecule has 4 N–H and O–H groups in total. The second kappa shape index (κ2) is 17.6. The first-order valence-electron chi connectivity index (χ1n) is 13.2. The number of carbonyl (C=O) groups is 4. The summed E-state index contributed by atoms with van der Waals surface area (Å²) >= 11 is 0. The molecule has 0 saturated carbocycles. The van der Waals surface area contributed by atoms with E-state index in [9.17, 15) is 19.2 Å². The van der Waals surface area contributed by atoms with Gasteiger partial charge in [-0.3, -0.25) is 19.6 Å². The van der Waals surface area contributed by atoms with Gasteiger partial charge < -0.3 is 20.1 Å². The third kappa shape index (κ3) is 12.0. The number of amides is 3. The van der Waals surface area contributed by atoms with E-state index in [1.165, 1.54) is 0 Å². The largest absolute Gasteiger partial charge is 0.497 e. The van der Waals surface area contributed by atoms with Gasteiger partial charge in [-0.05, 0) is 67.5 Å². The van der Waals surface area contributed by atoms with Gasteiger partial charge in [0.25, 0.3) is 0 Å². The summed E-state index contributed by atoms with van der Waals surface area (Å²) in [6, 6.07) is 14.7. The highest BCUT2D eigenvalue weighted by molar-refractivity contribution is 5.90. The summed E-state index contributed by atoms with van der Waals surface area (Å²) in [5.74, 6) is -1.78. The van der Waals surface area contributed by atoms with Crippen molar-refractivity contribution in [2.45, 2.75) is 51.9 Å². The van der Waals surface area contributed by atoms with Crippen LogP contribution in [-0.2, 0) is 32.0 Å². The molecule has 0 aromatic heterocycles. The molecular weight excluding hydrogens is 502 g/mol. The maximum absolute atomic E-state index is 12.7. The van der Waals surface area contributed by atoms with Crippen LogP contribution < -0.4 is 20.9 Å². The van der Waals surface area contributed by atoms with Crippen molar-refractivity contribution in [1.82, 2.24) is 16.1 Å². The molecule has 0 aliphatic rings. The lowest BCUT2D eigenvalue weighted by Crippen LogP contribution is -2.41. The van der Waals surface area contributed by atoms with Gasteiger partial charge in [0.2, 0.25) is 17.7 Å². The molecule has 0 aliphatic heterocycles. The van der Waals surface area contributed by atoms with Crippen LogP contribution in [0.4, 0.5) is 0 Å². The highest BCUT2D eigenvalue weighted by Crippen LogP contribution is 2.17. The molecule has 0 saturated heterocycles. The SMILES string of the molecule is CCCCOC(=O)c1cccc(CCNC(=O)CNC(=O)[C@H](CCCc2ccc(OC)cc2)CC(=O)NO)c1. The standard InChI is InChI=1S/C29H39N3O7/c1-3-4-17-39-29(36)24-10-6-8-22(18-24)15-16-30-27(34)20-31-28(35)23(19-26(33)32-37)9-5-7-21-11-13-25(38-2)14-12-21/h6,8,10-14,18,23,37H,3-5,7,9,15-17,19-20H2,1-2H3,(H,30,34)(H,31,35)(H,32,33)/t23-/m1/s1. The summed E-state index contributed by atoms with van der Waals surface area (Å²) in [5, 5.41) is 14.2. The van der Waals surface area contributed by atoms with Crippen LogP contribution in [0.3, 0.4) is 0 Å². The van der Waals surface area contributed by atoms with Crippen molar-refractivity contribution in [3.63, 3.8) is 0 Å². The number of benzene rings is 2. The Morgan fingerprint density at radius 1 is 0.923 bits per heavy atom. The van der Waals surface area contributed by atoms with E-state index in [0.717, 1.165) is 29.7 Å². The quantitative estimate of drug-likeness (QED) is 0.104. The van der Waals surface area contributed by atoms with Crippen LogP contribution in [0.5, 0.6) is 5.75 Å². The summed E-state index contributed by atoms with van der Waals surface area (Å²) < 4.78 is 10.4. The lowest BCUT2D eigenvalue weighted by Gasteiger charge is -2.16. The van der Waals surface area contributed by atoms with E-state index in [0.29, 0.717) is 44.4 Å². The number of ether oxygens (including phenoxy) is 2. The molecule has 3 amide bonds. The van der Waals surface area contributed by atoms with Crippen molar-refractivity contribution in [2.24, 2.45) is 5.92 Å². The van der Waals surface area contributed by atoms with Crippen molar-refractivity contribution in [3.8, 4) is 5.75 Å². The Morgan fingerprint density at radius 2 is 1.69 bits per heavy atom. The Bertz CT molecular complexity index is 1070. The number of hydrogen-bond donors (Lipinski definition) is 4. The second-order valence-corrected chi connectivity index (χ2v) is 9.18. The molecule has 0 aliphatic carbocycles. The second-order valence-electron chi connectivity index (χ2n) is 9.18. The Labute approximate surface area is 229 Å². The van der Waals surface area contributed by atoms with Gasteiger partial charge in [0.15, 0.2) is 0 Å². The molecule has 0 spiro atoms. The van der Waals surface area contributed by atoms with Crippen molar-refractivity contribution >= 4 is 23.7 Å². The van der Waals surface area contributed by atoms with E-state index in [1.807, 2.05) is 37.3 Å². The maximum Gasteiger partial charge on any atom is 0.338 e. The minimum atomic E-state index is -0.692. The molecule has 0 heterocycles. The van der Waals surface area contributed by atoms with E-state index in [1.54, 1.807) is 30.8 Å². The summed E-state index contributed by atoms with van der Waals surface area (Å²) in [5.41, 5.74) is 3.97. The number of nitrogens with one attached hydrogen (secondary N) is 3. The van der Waals surface area contributed by atoms with Crippen LogP contribution >= 0.6 is 0 Å². The first kappa shape index (κ1) is 31.3.